The van der Waals surface area contributed by atoms with E-state index in [9.17, 15) is 4.79 Å². The van der Waals surface area contributed by atoms with E-state index in [0.717, 1.165) is 18.5 Å². The van der Waals surface area contributed by atoms with Crippen LogP contribution >= 0.6 is 0 Å². The van der Waals surface area contributed by atoms with Crippen molar-refractivity contribution in [2.45, 2.75) is 26.5 Å². The lowest BCUT2D eigenvalue weighted by molar-refractivity contribution is -0.149. The molecule has 0 N–H and O–H groups in total. The average molecular weight is 357 g/mol. The molecule has 0 aliphatic rings. The number of hydrogen-bond donors (Lipinski definition) is 0. The van der Waals surface area contributed by atoms with Gasteiger partial charge in [0.25, 0.3) is 0 Å². The first kappa shape index (κ1) is 17.3. The van der Waals surface area contributed by atoms with Gasteiger partial charge in [-0.3, -0.25) is 4.79 Å². The number of carbonyl (C=O) groups is 1. The summed E-state index contributed by atoms with van der Waals surface area (Å²) in [6.45, 7) is 3.07. The molecule has 3 aromatic carbocycles. The summed E-state index contributed by atoms with van der Waals surface area (Å²) in [7, 11) is 0. The first-order valence-corrected chi connectivity index (χ1v) is 9.40. The van der Waals surface area contributed by atoms with E-state index in [-0.39, 0.29) is 11.9 Å². The number of para-hydroxylation sites is 2. The van der Waals surface area contributed by atoms with Crippen molar-refractivity contribution in [2.24, 2.45) is 5.92 Å². The third kappa shape index (κ3) is 3.59. The predicted molar refractivity (Wildman–Crippen MR) is 109 cm³/mol. The van der Waals surface area contributed by atoms with Crippen LogP contribution in [-0.4, -0.2) is 10.5 Å². The summed E-state index contributed by atoms with van der Waals surface area (Å²) in [5, 5.41) is 2.51. The van der Waals surface area contributed by atoms with Crippen LogP contribution in [0.25, 0.3) is 21.8 Å². The monoisotopic (exact) mass is 357 g/mol. The Morgan fingerprint density at radius 2 is 1.41 bits per heavy atom. The average Bonchev–Trinajstić information content (AvgIpc) is 3.05. The van der Waals surface area contributed by atoms with Gasteiger partial charge in [0.1, 0.15) is 6.61 Å². The van der Waals surface area contributed by atoms with E-state index in [4.69, 9.17) is 4.74 Å². The van der Waals surface area contributed by atoms with Crippen LogP contribution in [0.4, 0.5) is 0 Å². The maximum absolute atomic E-state index is 12.4. The van der Waals surface area contributed by atoms with Crippen molar-refractivity contribution in [3.05, 3.63) is 84.4 Å². The van der Waals surface area contributed by atoms with Crippen molar-refractivity contribution in [2.75, 3.05) is 0 Å². The minimum atomic E-state index is -0.145. The molecule has 0 bridgehead atoms. The quantitative estimate of drug-likeness (QED) is 0.423. The molecule has 1 unspecified atom stereocenters. The topological polar surface area (TPSA) is 31.2 Å². The fourth-order valence-corrected chi connectivity index (χ4v) is 3.56. The third-order valence-corrected chi connectivity index (χ3v) is 5.09. The second-order valence-corrected chi connectivity index (χ2v) is 6.97. The smallest absolute Gasteiger partial charge is 0.309 e. The summed E-state index contributed by atoms with van der Waals surface area (Å²) in [6, 6.07) is 26.7. The van der Waals surface area contributed by atoms with Gasteiger partial charge in [-0.05, 0) is 24.1 Å². The maximum Gasteiger partial charge on any atom is 0.309 e. The van der Waals surface area contributed by atoms with Crippen molar-refractivity contribution in [1.82, 2.24) is 4.57 Å². The van der Waals surface area contributed by atoms with Crippen molar-refractivity contribution < 1.29 is 9.53 Å². The zero-order valence-electron chi connectivity index (χ0n) is 15.5. The Hall–Kier alpha value is -3.07. The largest absolute Gasteiger partial charge is 0.461 e. The number of carbonyl (C=O) groups excluding carboxylic acids is 1. The van der Waals surface area contributed by atoms with Crippen LogP contribution in [0.15, 0.2) is 78.9 Å². The number of rotatable bonds is 6. The van der Waals surface area contributed by atoms with E-state index in [1.165, 1.54) is 21.8 Å². The normalized spacial score (nSPS) is 12.3. The lowest BCUT2D eigenvalue weighted by Gasteiger charge is -2.13. The van der Waals surface area contributed by atoms with Gasteiger partial charge in [0.05, 0.1) is 5.92 Å². The third-order valence-electron chi connectivity index (χ3n) is 5.09. The predicted octanol–water partition coefficient (Wildman–Crippen LogP) is 5.56. The zero-order chi connectivity index (χ0) is 18.6. The summed E-state index contributed by atoms with van der Waals surface area (Å²) in [5.41, 5.74) is 3.44. The van der Waals surface area contributed by atoms with Crippen LogP contribution in [-0.2, 0) is 22.7 Å². The van der Waals surface area contributed by atoms with Gasteiger partial charge in [-0.25, -0.2) is 0 Å². The first-order valence-electron chi connectivity index (χ1n) is 9.40. The Labute approximate surface area is 159 Å². The van der Waals surface area contributed by atoms with Gasteiger partial charge in [-0.1, -0.05) is 73.7 Å². The maximum atomic E-state index is 12.4. The molecule has 4 aromatic rings. The van der Waals surface area contributed by atoms with E-state index in [1.807, 2.05) is 37.3 Å². The highest BCUT2D eigenvalue weighted by Gasteiger charge is 2.16. The van der Waals surface area contributed by atoms with Crippen LogP contribution in [0.1, 0.15) is 18.9 Å². The Bertz CT molecular complexity index is 1010. The number of nitrogens with zero attached hydrogens (tertiary/aromatic N) is 1. The molecule has 136 valence electrons. The van der Waals surface area contributed by atoms with Crippen LogP contribution in [0, 0.1) is 5.92 Å². The number of aromatic nitrogens is 1. The van der Waals surface area contributed by atoms with Gasteiger partial charge < -0.3 is 9.30 Å². The van der Waals surface area contributed by atoms with Crippen LogP contribution in [0.2, 0.25) is 0 Å². The molecule has 3 nitrogen and oxygen atoms in total. The first-order chi connectivity index (χ1) is 13.2. The van der Waals surface area contributed by atoms with Crippen LogP contribution < -0.4 is 0 Å². The SMILES string of the molecule is CC(CCn1c2ccccc2c2ccccc21)C(=O)OCc1ccccc1. The highest BCUT2D eigenvalue weighted by atomic mass is 16.5. The summed E-state index contributed by atoms with van der Waals surface area (Å²) in [5.74, 6) is -0.284. The summed E-state index contributed by atoms with van der Waals surface area (Å²) in [4.78, 5) is 12.4. The number of benzene rings is 3. The summed E-state index contributed by atoms with van der Waals surface area (Å²) >= 11 is 0. The van der Waals surface area contributed by atoms with E-state index in [2.05, 4.69) is 53.1 Å². The molecule has 1 atom stereocenters. The van der Waals surface area contributed by atoms with E-state index < -0.39 is 0 Å². The Balaban J connectivity index is 1.47. The van der Waals surface area contributed by atoms with Crippen LogP contribution in [0.5, 0.6) is 0 Å². The van der Waals surface area contributed by atoms with Gasteiger partial charge in [-0.15, -0.1) is 0 Å². The molecule has 0 aliphatic carbocycles. The van der Waals surface area contributed by atoms with Gasteiger partial charge in [0.2, 0.25) is 0 Å². The zero-order valence-corrected chi connectivity index (χ0v) is 15.5. The Kier molecular flexibility index (Phi) is 4.93. The summed E-state index contributed by atoms with van der Waals surface area (Å²) in [6.07, 6.45) is 0.746. The fraction of sp³-hybridized carbons (Fsp3) is 0.208. The van der Waals surface area contributed by atoms with Gasteiger partial charge in [-0.2, -0.15) is 0 Å². The van der Waals surface area contributed by atoms with Crippen LogP contribution in [0.3, 0.4) is 0 Å². The highest BCUT2D eigenvalue weighted by Crippen LogP contribution is 2.29. The van der Waals surface area contributed by atoms with E-state index >= 15 is 0 Å². The molecule has 1 heterocycles. The second-order valence-electron chi connectivity index (χ2n) is 6.97. The fourth-order valence-electron chi connectivity index (χ4n) is 3.56. The van der Waals surface area contributed by atoms with Crippen molar-refractivity contribution in [3.63, 3.8) is 0 Å². The van der Waals surface area contributed by atoms with Crippen molar-refractivity contribution in [3.8, 4) is 0 Å². The van der Waals surface area contributed by atoms with Gasteiger partial charge in [0, 0.05) is 28.4 Å². The van der Waals surface area contributed by atoms with Crippen molar-refractivity contribution >= 4 is 27.8 Å². The Morgan fingerprint density at radius 1 is 0.852 bits per heavy atom. The number of aryl methyl sites for hydroxylation is 1. The number of fused-ring (bicyclic) bond motifs is 3. The van der Waals surface area contributed by atoms with Crippen molar-refractivity contribution in [1.29, 1.82) is 0 Å². The number of esters is 1. The van der Waals surface area contributed by atoms with E-state index in [0.29, 0.717) is 6.61 Å². The van der Waals surface area contributed by atoms with E-state index in [1.54, 1.807) is 0 Å². The molecular weight excluding hydrogens is 334 g/mol. The lowest BCUT2D eigenvalue weighted by Crippen LogP contribution is -2.16. The molecule has 0 saturated carbocycles. The Morgan fingerprint density at radius 3 is 2.04 bits per heavy atom. The molecule has 0 radical (unpaired) electrons. The molecule has 1 aromatic heterocycles. The minimum absolute atomic E-state index is 0.139. The highest BCUT2D eigenvalue weighted by molar-refractivity contribution is 6.07. The summed E-state index contributed by atoms with van der Waals surface area (Å²) < 4.78 is 7.80. The molecule has 27 heavy (non-hydrogen) atoms. The molecule has 3 heteroatoms. The second kappa shape index (κ2) is 7.67. The number of ether oxygens (including phenoxy) is 1. The molecule has 0 fully saturated rings. The lowest BCUT2D eigenvalue weighted by atomic mass is 10.1. The molecule has 0 saturated heterocycles. The van der Waals surface area contributed by atoms with Gasteiger partial charge in [0.15, 0.2) is 0 Å². The molecular formula is C24H23NO2. The molecule has 4 rings (SSSR count). The number of hydrogen-bond acceptors (Lipinski definition) is 2. The minimum Gasteiger partial charge on any atom is -0.461 e. The molecule has 0 amide bonds. The van der Waals surface area contributed by atoms with Gasteiger partial charge >= 0.3 is 5.97 Å². The molecule has 0 aliphatic heterocycles. The molecule has 0 spiro atoms. The standard InChI is InChI=1S/C24H23NO2/c1-18(24(26)27-17-19-9-3-2-4-10-19)15-16-25-22-13-7-5-11-20(22)21-12-6-8-14-23(21)25/h2-14,18H,15-17H2,1H3.